The van der Waals surface area contributed by atoms with Crippen LogP contribution in [0.25, 0.3) is 27.8 Å². The molecule has 0 saturated heterocycles. The van der Waals surface area contributed by atoms with Crippen molar-refractivity contribution >= 4 is 5.71 Å². The van der Waals surface area contributed by atoms with Gasteiger partial charge in [0.2, 0.25) is 0 Å². The van der Waals surface area contributed by atoms with Gasteiger partial charge < -0.3 is 5.53 Å². The quantitative estimate of drug-likeness (QED) is 0.0762. The molecule has 0 aliphatic heterocycles. The van der Waals surface area contributed by atoms with E-state index in [-0.39, 0.29) is 0 Å². The van der Waals surface area contributed by atoms with E-state index in [1.165, 1.54) is 92.4 Å². The largest absolute Gasteiger partial charge is 0.361 e. The molecule has 2 nitrogen and oxygen atoms in total. The molecule has 39 heavy (non-hydrogen) atoms. The van der Waals surface area contributed by atoms with Crippen molar-refractivity contribution in [2.24, 2.45) is 0 Å². The second-order valence-electron chi connectivity index (χ2n) is 11.3. The third-order valence-corrected chi connectivity index (χ3v) is 8.82. The van der Waals surface area contributed by atoms with E-state index in [1.54, 1.807) is 0 Å². The van der Waals surface area contributed by atoms with Crippen LogP contribution >= 0.6 is 0 Å². The van der Waals surface area contributed by atoms with Crippen LogP contribution in [-0.4, -0.2) is 10.5 Å². The van der Waals surface area contributed by atoms with Crippen LogP contribution in [0, 0.1) is 0 Å². The Morgan fingerprint density at radius 2 is 1.05 bits per heavy atom. The Balaban J connectivity index is 1.56. The Labute approximate surface area is 233 Å². The molecule has 6 rings (SSSR count). The van der Waals surface area contributed by atoms with E-state index < -0.39 is 0 Å². The molecule has 2 aliphatic carbocycles. The Morgan fingerprint density at radius 3 is 1.49 bits per heavy atom. The fraction of sp³-hybridized carbons (Fsp3) is 0.324. The topological polar surface area (TPSA) is 36.4 Å². The zero-order valence-corrected chi connectivity index (χ0v) is 23.4. The van der Waals surface area contributed by atoms with Crippen molar-refractivity contribution in [2.75, 3.05) is 0 Å². The molecule has 0 fully saturated rings. The van der Waals surface area contributed by atoms with Gasteiger partial charge >= 0.3 is 5.71 Å². The summed E-state index contributed by atoms with van der Waals surface area (Å²) >= 11 is 0. The van der Waals surface area contributed by atoms with E-state index >= 15 is 0 Å². The van der Waals surface area contributed by atoms with Crippen molar-refractivity contribution < 1.29 is 4.79 Å². The summed E-state index contributed by atoms with van der Waals surface area (Å²) in [4.78, 5) is 4.20. The van der Waals surface area contributed by atoms with Gasteiger partial charge in [0, 0.05) is 0 Å². The average Bonchev–Trinajstić information content (AvgIpc) is 3.53. The predicted octanol–water partition coefficient (Wildman–Crippen LogP) is 9.36. The molecule has 0 amide bonds. The van der Waals surface area contributed by atoms with Gasteiger partial charge in [-0.05, 0) is 94.2 Å². The highest BCUT2D eigenvalue weighted by Crippen LogP contribution is 2.44. The number of hydrogen-bond donors (Lipinski definition) is 0. The van der Waals surface area contributed by atoms with Gasteiger partial charge in [0.1, 0.15) is 0 Å². The lowest BCUT2D eigenvalue weighted by Gasteiger charge is -2.17. The number of rotatable bonds is 10. The molecular weight excluding hydrogens is 472 g/mol. The molecule has 4 aromatic rings. The van der Waals surface area contributed by atoms with Crippen LogP contribution in [0.5, 0.6) is 0 Å². The molecule has 0 atom stereocenters. The zero-order valence-electron chi connectivity index (χ0n) is 23.4. The smallest absolute Gasteiger partial charge is 0.330 e. The molecule has 196 valence electrons. The SMILES string of the molecule is CCCCCc1ccc2c(c1C(=[N+]=[N-])c1c(CCCCC)ccc3c1Cc1ccccc1-3)Cc1ccccc1-2. The summed E-state index contributed by atoms with van der Waals surface area (Å²) < 4.78 is 0. The van der Waals surface area contributed by atoms with E-state index in [9.17, 15) is 5.53 Å². The first-order valence-corrected chi connectivity index (χ1v) is 14.9. The lowest BCUT2D eigenvalue weighted by atomic mass is 9.83. The van der Waals surface area contributed by atoms with Crippen LogP contribution in [-0.2, 0) is 25.7 Å². The fourth-order valence-electron chi connectivity index (χ4n) is 6.88. The van der Waals surface area contributed by atoms with E-state index in [2.05, 4.69) is 91.4 Å². The highest BCUT2D eigenvalue weighted by atomic mass is 14.9. The number of nitrogens with zero attached hydrogens (tertiary/aromatic N) is 2. The van der Waals surface area contributed by atoms with Gasteiger partial charge in [0.05, 0.1) is 11.1 Å². The summed E-state index contributed by atoms with van der Waals surface area (Å²) in [5, 5.41) is 0. The molecule has 0 unspecified atom stereocenters. The normalized spacial score (nSPS) is 12.5. The molecule has 4 aromatic carbocycles. The van der Waals surface area contributed by atoms with Crippen molar-refractivity contribution in [1.29, 1.82) is 0 Å². The lowest BCUT2D eigenvalue weighted by molar-refractivity contribution is -0.00301. The zero-order chi connectivity index (χ0) is 26.8. The van der Waals surface area contributed by atoms with Gasteiger partial charge in [-0.15, -0.1) is 0 Å². The van der Waals surface area contributed by atoms with Crippen LogP contribution in [0.2, 0.25) is 0 Å². The standard InChI is InChI=1S/C37H38N2/c1-3-5-7-13-25-19-21-31-29-17-11-9-15-27(29)23-33(31)35(25)37(39-38)36-26(14-8-6-4-2)20-22-32-30-18-12-10-16-28(30)24-34(32)36/h9-12,15-22H,3-8,13-14,23-24H2,1-2H3. The van der Waals surface area contributed by atoms with Crippen LogP contribution in [0.3, 0.4) is 0 Å². The minimum Gasteiger partial charge on any atom is -0.361 e. The maximum absolute atomic E-state index is 10.9. The van der Waals surface area contributed by atoms with Crippen molar-refractivity contribution in [1.82, 2.24) is 0 Å². The summed E-state index contributed by atoms with van der Waals surface area (Å²) in [6.45, 7) is 4.52. The van der Waals surface area contributed by atoms with E-state index in [0.717, 1.165) is 44.2 Å². The van der Waals surface area contributed by atoms with Crippen molar-refractivity contribution in [3.05, 3.63) is 123 Å². The molecule has 0 aromatic heterocycles. The highest BCUT2D eigenvalue weighted by Gasteiger charge is 2.34. The molecular formula is C37H38N2. The van der Waals surface area contributed by atoms with Crippen LogP contribution in [0.1, 0.15) is 96.9 Å². The Bertz CT molecular complexity index is 1470. The van der Waals surface area contributed by atoms with Gasteiger partial charge in [-0.25, -0.2) is 0 Å². The van der Waals surface area contributed by atoms with Crippen molar-refractivity contribution in [3.8, 4) is 22.3 Å². The first-order valence-electron chi connectivity index (χ1n) is 14.9. The van der Waals surface area contributed by atoms with Crippen molar-refractivity contribution in [3.63, 3.8) is 0 Å². The minimum absolute atomic E-state index is 0.780. The minimum atomic E-state index is 0.780. The summed E-state index contributed by atoms with van der Waals surface area (Å²) in [5.41, 5.74) is 27.3. The lowest BCUT2D eigenvalue weighted by Crippen LogP contribution is -2.17. The molecule has 2 heteroatoms. The number of benzene rings is 4. The number of aryl methyl sites for hydroxylation is 2. The molecule has 0 radical (unpaired) electrons. The van der Waals surface area contributed by atoms with Crippen molar-refractivity contribution in [2.45, 2.75) is 78.1 Å². The maximum Gasteiger partial charge on any atom is 0.330 e. The third-order valence-electron chi connectivity index (χ3n) is 8.82. The monoisotopic (exact) mass is 510 g/mol. The summed E-state index contributed by atoms with van der Waals surface area (Å²) in [6.07, 6.45) is 10.9. The maximum atomic E-state index is 10.9. The Morgan fingerprint density at radius 1 is 0.590 bits per heavy atom. The van der Waals surface area contributed by atoms with E-state index in [1.807, 2.05) is 0 Å². The number of fused-ring (bicyclic) bond motifs is 6. The Hall–Kier alpha value is -3.74. The van der Waals surface area contributed by atoms with Gasteiger partial charge in [0.15, 0.2) is 0 Å². The Kier molecular flexibility index (Phi) is 7.31. The van der Waals surface area contributed by atoms with Gasteiger partial charge in [-0.2, -0.15) is 4.79 Å². The second-order valence-corrected chi connectivity index (χ2v) is 11.3. The summed E-state index contributed by atoms with van der Waals surface area (Å²) in [7, 11) is 0. The highest BCUT2D eigenvalue weighted by molar-refractivity contribution is 6.15. The number of unbranched alkanes of at least 4 members (excludes halogenated alkanes) is 4. The van der Waals surface area contributed by atoms with Gasteiger partial charge in [0.25, 0.3) is 0 Å². The van der Waals surface area contributed by atoms with Gasteiger partial charge in [-0.1, -0.05) is 112 Å². The van der Waals surface area contributed by atoms with Crippen LogP contribution in [0.4, 0.5) is 0 Å². The molecule has 0 saturated carbocycles. The predicted molar refractivity (Wildman–Crippen MR) is 163 cm³/mol. The molecule has 0 heterocycles. The molecule has 0 N–H and O–H groups in total. The van der Waals surface area contributed by atoms with Crippen LogP contribution in [0.15, 0.2) is 72.8 Å². The fourth-order valence-corrected chi connectivity index (χ4v) is 6.88. The average molecular weight is 511 g/mol. The third kappa shape index (κ3) is 4.58. The summed E-state index contributed by atoms with van der Waals surface area (Å²) in [6, 6.07) is 26.8. The van der Waals surface area contributed by atoms with Crippen LogP contribution < -0.4 is 0 Å². The van der Waals surface area contributed by atoms with E-state index in [0.29, 0.717) is 0 Å². The van der Waals surface area contributed by atoms with E-state index in [4.69, 9.17) is 0 Å². The molecule has 2 aliphatic rings. The molecule has 0 bridgehead atoms. The van der Waals surface area contributed by atoms with Gasteiger partial charge in [-0.3, -0.25) is 0 Å². The second kappa shape index (κ2) is 11.2. The summed E-state index contributed by atoms with van der Waals surface area (Å²) in [5.74, 6) is 0. The first-order chi connectivity index (χ1) is 19.2. The first kappa shape index (κ1) is 25.5. The number of hydrogen-bond acceptors (Lipinski definition) is 0. The molecule has 0 spiro atoms.